The van der Waals surface area contributed by atoms with Gasteiger partial charge in [-0.25, -0.2) is 0 Å². The Bertz CT molecular complexity index is 863. The predicted molar refractivity (Wildman–Crippen MR) is 119 cm³/mol. The van der Waals surface area contributed by atoms with E-state index in [-0.39, 0.29) is 11.7 Å². The molecule has 1 aliphatic heterocycles. The van der Waals surface area contributed by atoms with E-state index in [2.05, 4.69) is 41.4 Å². The van der Waals surface area contributed by atoms with Gasteiger partial charge >= 0.3 is 0 Å². The molecule has 5 heteroatoms. The second-order valence-electron chi connectivity index (χ2n) is 8.19. The van der Waals surface area contributed by atoms with Crippen LogP contribution in [0.15, 0.2) is 48.5 Å². The maximum atomic E-state index is 12.4. The lowest BCUT2D eigenvalue weighted by Crippen LogP contribution is -2.36. The van der Waals surface area contributed by atoms with Gasteiger partial charge in [0.15, 0.2) is 11.9 Å². The van der Waals surface area contributed by atoms with Crippen molar-refractivity contribution in [3.05, 3.63) is 65.2 Å². The lowest BCUT2D eigenvalue weighted by atomic mass is 10.0. The topological polar surface area (TPSA) is 58.6 Å². The fourth-order valence-corrected chi connectivity index (χ4v) is 3.77. The van der Waals surface area contributed by atoms with Crippen LogP contribution in [0.3, 0.4) is 0 Å². The highest BCUT2D eigenvalue weighted by atomic mass is 16.5. The minimum Gasteiger partial charge on any atom is -0.481 e. The average molecular weight is 409 g/mol. The Kier molecular flexibility index (Phi) is 7.63. The molecule has 0 bridgehead atoms. The zero-order valence-corrected chi connectivity index (χ0v) is 18.2. The lowest BCUT2D eigenvalue weighted by Gasteiger charge is -2.33. The van der Waals surface area contributed by atoms with Crippen LogP contribution in [-0.4, -0.2) is 35.3 Å². The Morgan fingerprint density at radius 3 is 2.57 bits per heavy atom. The van der Waals surface area contributed by atoms with Crippen molar-refractivity contribution in [2.24, 2.45) is 0 Å². The molecule has 2 unspecified atom stereocenters. The van der Waals surface area contributed by atoms with Crippen molar-refractivity contribution in [1.82, 2.24) is 10.2 Å². The first-order chi connectivity index (χ1) is 14.4. The first kappa shape index (κ1) is 22.0. The second kappa shape index (κ2) is 10.4. The number of piperidine rings is 1. The number of nitrogens with one attached hydrogen (secondary N) is 1. The van der Waals surface area contributed by atoms with E-state index in [1.807, 2.05) is 0 Å². The summed E-state index contributed by atoms with van der Waals surface area (Å²) < 4.78 is 5.70. The smallest absolute Gasteiger partial charge is 0.261 e. The largest absolute Gasteiger partial charge is 0.481 e. The summed E-state index contributed by atoms with van der Waals surface area (Å²) in [4.78, 5) is 26.4. The molecule has 2 atom stereocenters. The van der Waals surface area contributed by atoms with Crippen LogP contribution >= 0.6 is 0 Å². The lowest BCUT2D eigenvalue weighted by molar-refractivity contribution is -0.127. The molecule has 30 heavy (non-hydrogen) atoms. The summed E-state index contributed by atoms with van der Waals surface area (Å²) in [6, 6.07) is 16.0. The van der Waals surface area contributed by atoms with Gasteiger partial charge in [0.2, 0.25) is 0 Å². The molecule has 2 aromatic carbocycles. The van der Waals surface area contributed by atoms with Gasteiger partial charge in [0, 0.05) is 24.7 Å². The standard InChI is InChI=1S/C25H32N2O3/c1-18-7-4-5-14-27(18)17-22-12-10-21(11-13-22)16-26-25(29)20(3)30-24-9-6-8-23(15-24)19(2)28/h6,8-13,15,18,20H,4-5,7,14,16-17H2,1-3H3,(H,26,29). The number of hydrogen-bond donors (Lipinski definition) is 1. The molecule has 0 saturated carbocycles. The SMILES string of the molecule is CC(=O)c1cccc(OC(C)C(=O)NCc2ccc(CN3CCCCC3C)cc2)c1. The first-order valence-corrected chi connectivity index (χ1v) is 10.8. The minimum absolute atomic E-state index is 0.0317. The molecule has 0 radical (unpaired) electrons. The van der Waals surface area contributed by atoms with Crippen LogP contribution in [0.4, 0.5) is 0 Å². The maximum absolute atomic E-state index is 12.4. The van der Waals surface area contributed by atoms with Crippen LogP contribution < -0.4 is 10.1 Å². The molecular weight excluding hydrogens is 376 g/mol. The van der Waals surface area contributed by atoms with Crippen LogP contribution in [0.1, 0.15) is 61.5 Å². The fourth-order valence-electron chi connectivity index (χ4n) is 3.77. The number of carbonyl (C=O) groups is 2. The van der Waals surface area contributed by atoms with Gasteiger partial charge < -0.3 is 10.1 Å². The van der Waals surface area contributed by atoms with Gasteiger partial charge in [-0.05, 0) is 63.4 Å². The fraction of sp³-hybridized carbons (Fsp3) is 0.440. The van der Waals surface area contributed by atoms with Crippen molar-refractivity contribution in [2.45, 2.75) is 65.3 Å². The monoisotopic (exact) mass is 408 g/mol. The summed E-state index contributed by atoms with van der Waals surface area (Å²) in [5.41, 5.74) is 2.93. The molecule has 1 N–H and O–H groups in total. The van der Waals surface area contributed by atoms with Crippen LogP contribution in [-0.2, 0) is 17.9 Å². The van der Waals surface area contributed by atoms with Crippen molar-refractivity contribution in [3.8, 4) is 5.75 Å². The third-order valence-electron chi connectivity index (χ3n) is 5.74. The Balaban J connectivity index is 1.48. The molecule has 1 aliphatic rings. The number of likely N-dealkylation sites (tertiary alicyclic amines) is 1. The van der Waals surface area contributed by atoms with Gasteiger partial charge in [-0.1, -0.05) is 42.8 Å². The quantitative estimate of drug-likeness (QED) is 0.660. The summed E-state index contributed by atoms with van der Waals surface area (Å²) in [5.74, 6) is 0.298. The van der Waals surface area contributed by atoms with Crippen molar-refractivity contribution in [3.63, 3.8) is 0 Å². The molecule has 1 amide bonds. The molecule has 1 heterocycles. The number of ketones is 1. The number of amides is 1. The molecule has 1 fully saturated rings. The molecule has 0 aliphatic carbocycles. The molecule has 0 aromatic heterocycles. The maximum Gasteiger partial charge on any atom is 0.261 e. The summed E-state index contributed by atoms with van der Waals surface area (Å²) in [6.07, 6.45) is 3.25. The summed E-state index contributed by atoms with van der Waals surface area (Å²) in [7, 11) is 0. The highest BCUT2D eigenvalue weighted by Crippen LogP contribution is 2.19. The Labute approximate surface area is 179 Å². The van der Waals surface area contributed by atoms with Crippen LogP contribution in [0.25, 0.3) is 0 Å². The average Bonchev–Trinajstić information content (AvgIpc) is 2.74. The van der Waals surface area contributed by atoms with Gasteiger partial charge in [-0.3, -0.25) is 14.5 Å². The van der Waals surface area contributed by atoms with Crippen molar-refractivity contribution in [1.29, 1.82) is 0 Å². The van der Waals surface area contributed by atoms with E-state index in [1.165, 1.54) is 38.3 Å². The highest BCUT2D eigenvalue weighted by molar-refractivity contribution is 5.94. The van der Waals surface area contributed by atoms with Crippen LogP contribution in [0.2, 0.25) is 0 Å². The van der Waals surface area contributed by atoms with E-state index < -0.39 is 6.10 Å². The molecule has 5 nitrogen and oxygen atoms in total. The summed E-state index contributed by atoms with van der Waals surface area (Å²) >= 11 is 0. The normalized spacial score (nSPS) is 17.9. The van der Waals surface area contributed by atoms with Gasteiger partial charge in [0.25, 0.3) is 5.91 Å². The molecule has 0 spiro atoms. The van der Waals surface area contributed by atoms with Gasteiger partial charge in [0.1, 0.15) is 5.75 Å². The van der Waals surface area contributed by atoms with Crippen LogP contribution in [0.5, 0.6) is 5.75 Å². The Hall–Kier alpha value is -2.66. The van der Waals surface area contributed by atoms with Crippen molar-refractivity contribution >= 4 is 11.7 Å². The van der Waals surface area contributed by atoms with Crippen molar-refractivity contribution < 1.29 is 14.3 Å². The van der Waals surface area contributed by atoms with E-state index in [1.54, 1.807) is 31.2 Å². The summed E-state index contributed by atoms with van der Waals surface area (Å²) in [5, 5.41) is 2.92. The zero-order valence-electron chi connectivity index (χ0n) is 18.2. The van der Waals surface area contributed by atoms with E-state index in [0.717, 1.165) is 12.1 Å². The van der Waals surface area contributed by atoms with Gasteiger partial charge in [-0.2, -0.15) is 0 Å². The van der Waals surface area contributed by atoms with Gasteiger partial charge in [-0.15, -0.1) is 0 Å². The molecular formula is C25H32N2O3. The highest BCUT2D eigenvalue weighted by Gasteiger charge is 2.18. The number of ether oxygens (including phenoxy) is 1. The second-order valence-corrected chi connectivity index (χ2v) is 8.19. The number of hydrogen-bond acceptors (Lipinski definition) is 4. The summed E-state index contributed by atoms with van der Waals surface area (Å²) in [6.45, 7) is 8.14. The van der Waals surface area contributed by atoms with Crippen LogP contribution in [0, 0.1) is 0 Å². The third kappa shape index (κ3) is 6.17. The van der Waals surface area contributed by atoms with E-state index >= 15 is 0 Å². The third-order valence-corrected chi connectivity index (χ3v) is 5.74. The Morgan fingerprint density at radius 2 is 1.87 bits per heavy atom. The minimum atomic E-state index is -0.646. The number of Topliss-reactive ketones (excluding diaryl/α,β-unsaturated/α-hetero) is 1. The number of rotatable bonds is 8. The molecule has 1 saturated heterocycles. The van der Waals surface area contributed by atoms with Crippen molar-refractivity contribution in [2.75, 3.05) is 6.54 Å². The number of nitrogens with zero attached hydrogens (tertiary/aromatic N) is 1. The zero-order chi connectivity index (χ0) is 21.5. The predicted octanol–water partition coefficient (Wildman–Crippen LogP) is 4.35. The first-order valence-electron chi connectivity index (χ1n) is 10.8. The number of carbonyl (C=O) groups excluding carboxylic acids is 2. The molecule has 2 aromatic rings. The Morgan fingerprint density at radius 1 is 1.13 bits per heavy atom. The molecule has 3 rings (SSSR count). The molecule has 160 valence electrons. The van der Waals surface area contributed by atoms with E-state index in [9.17, 15) is 9.59 Å². The van der Waals surface area contributed by atoms with E-state index in [4.69, 9.17) is 4.74 Å². The van der Waals surface area contributed by atoms with E-state index in [0.29, 0.717) is 23.9 Å². The van der Waals surface area contributed by atoms with Gasteiger partial charge in [0.05, 0.1) is 0 Å². The number of benzene rings is 2.